The minimum absolute atomic E-state index is 0.0451. The zero-order valence-corrected chi connectivity index (χ0v) is 9.52. The predicted molar refractivity (Wildman–Crippen MR) is 55.5 cm³/mol. The molecule has 0 saturated heterocycles. The topological polar surface area (TPSA) is 66.8 Å². The molecule has 0 aromatic heterocycles. The van der Waals surface area contributed by atoms with E-state index in [0.29, 0.717) is 13.2 Å². The van der Waals surface area contributed by atoms with Crippen LogP contribution in [0.4, 0.5) is 0 Å². The zero-order chi connectivity index (χ0) is 11.8. The highest BCUT2D eigenvalue weighted by Gasteiger charge is 2.17. The van der Waals surface area contributed by atoms with Crippen molar-refractivity contribution >= 4 is 11.9 Å². The summed E-state index contributed by atoms with van der Waals surface area (Å²) in [5.41, 5.74) is 0. The van der Waals surface area contributed by atoms with Gasteiger partial charge in [-0.05, 0) is 12.8 Å². The van der Waals surface area contributed by atoms with Crippen LogP contribution in [0.2, 0.25) is 0 Å². The molecule has 0 aromatic carbocycles. The highest BCUT2D eigenvalue weighted by Crippen LogP contribution is 1.99. The van der Waals surface area contributed by atoms with Crippen molar-refractivity contribution in [1.29, 1.82) is 0 Å². The first kappa shape index (κ1) is 13.9. The second-order valence-electron chi connectivity index (χ2n) is 3.70. The van der Waals surface area contributed by atoms with Gasteiger partial charge in [0, 0.05) is 13.2 Å². The lowest BCUT2D eigenvalue weighted by Crippen LogP contribution is -2.40. The van der Waals surface area contributed by atoms with E-state index < -0.39 is 5.97 Å². The molecule has 1 N–H and O–H groups in total. The number of carboxylic acid groups (broad SMARTS) is 1. The SMILES string of the molecule is CCOCC(=O)N(CC(=O)O)CC(C)C. The molecule has 0 atom stereocenters. The summed E-state index contributed by atoms with van der Waals surface area (Å²) in [6.45, 7) is 6.25. The van der Waals surface area contributed by atoms with E-state index in [1.165, 1.54) is 4.90 Å². The third-order valence-electron chi connectivity index (χ3n) is 1.69. The monoisotopic (exact) mass is 217 g/mol. The van der Waals surface area contributed by atoms with Crippen molar-refractivity contribution in [2.45, 2.75) is 20.8 Å². The first-order valence-corrected chi connectivity index (χ1v) is 5.04. The Morgan fingerprint density at radius 2 is 2.00 bits per heavy atom. The minimum Gasteiger partial charge on any atom is -0.480 e. The second-order valence-corrected chi connectivity index (χ2v) is 3.70. The highest BCUT2D eigenvalue weighted by molar-refractivity contribution is 5.82. The summed E-state index contributed by atoms with van der Waals surface area (Å²) >= 11 is 0. The summed E-state index contributed by atoms with van der Waals surface area (Å²) in [5, 5.41) is 8.64. The van der Waals surface area contributed by atoms with Gasteiger partial charge in [0.05, 0.1) is 0 Å². The molecule has 5 nitrogen and oxygen atoms in total. The molecule has 0 aromatic rings. The zero-order valence-electron chi connectivity index (χ0n) is 9.52. The molecule has 0 saturated carbocycles. The highest BCUT2D eigenvalue weighted by atomic mass is 16.5. The van der Waals surface area contributed by atoms with E-state index in [1.54, 1.807) is 6.92 Å². The summed E-state index contributed by atoms with van der Waals surface area (Å²) in [6, 6.07) is 0. The quantitative estimate of drug-likeness (QED) is 0.678. The molecule has 0 radical (unpaired) electrons. The fourth-order valence-corrected chi connectivity index (χ4v) is 1.14. The molecule has 0 spiro atoms. The smallest absolute Gasteiger partial charge is 0.323 e. The molecule has 15 heavy (non-hydrogen) atoms. The summed E-state index contributed by atoms with van der Waals surface area (Å²) in [6.07, 6.45) is 0. The van der Waals surface area contributed by atoms with Gasteiger partial charge in [-0.25, -0.2) is 0 Å². The number of carbonyl (C=O) groups excluding carboxylic acids is 1. The maximum Gasteiger partial charge on any atom is 0.323 e. The molecule has 0 fully saturated rings. The van der Waals surface area contributed by atoms with Gasteiger partial charge in [0.25, 0.3) is 0 Å². The number of hydrogen-bond acceptors (Lipinski definition) is 3. The molecule has 1 amide bonds. The summed E-state index contributed by atoms with van der Waals surface area (Å²) in [5.74, 6) is -1.02. The van der Waals surface area contributed by atoms with Crippen molar-refractivity contribution in [2.24, 2.45) is 5.92 Å². The number of ether oxygens (including phenoxy) is 1. The van der Waals surface area contributed by atoms with Gasteiger partial charge < -0.3 is 14.7 Å². The summed E-state index contributed by atoms with van der Waals surface area (Å²) in [4.78, 5) is 23.4. The molecular weight excluding hydrogens is 198 g/mol. The molecule has 0 heterocycles. The second kappa shape index (κ2) is 7.23. The lowest BCUT2D eigenvalue weighted by atomic mass is 10.2. The van der Waals surface area contributed by atoms with Crippen LogP contribution in [0.15, 0.2) is 0 Å². The van der Waals surface area contributed by atoms with Gasteiger partial charge in [-0.2, -0.15) is 0 Å². The number of nitrogens with zero attached hydrogens (tertiary/aromatic N) is 1. The van der Waals surface area contributed by atoms with E-state index in [4.69, 9.17) is 9.84 Å². The summed E-state index contributed by atoms with van der Waals surface area (Å²) in [7, 11) is 0. The van der Waals surface area contributed by atoms with Crippen LogP contribution in [-0.2, 0) is 14.3 Å². The molecule has 0 aliphatic carbocycles. The van der Waals surface area contributed by atoms with Crippen molar-refractivity contribution < 1.29 is 19.4 Å². The molecule has 0 unspecified atom stereocenters. The molecule has 0 aliphatic rings. The van der Waals surface area contributed by atoms with E-state index in [1.807, 2.05) is 13.8 Å². The van der Waals surface area contributed by atoms with Crippen LogP contribution in [0.25, 0.3) is 0 Å². The van der Waals surface area contributed by atoms with Crippen LogP contribution >= 0.6 is 0 Å². The third-order valence-corrected chi connectivity index (χ3v) is 1.69. The van der Waals surface area contributed by atoms with Crippen molar-refractivity contribution in [3.63, 3.8) is 0 Å². The van der Waals surface area contributed by atoms with Crippen molar-refractivity contribution in [3.05, 3.63) is 0 Å². The number of hydrogen-bond donors (Lipinski definition) is 1. The lowest BCUT2D eigenvalue weighted by Gasteiger charge is -2.22. The van der Waals surface area contributed by atoms with E-state index in [0.717, 1.165) is 0 Å². The number of carboxylic acids is 1. The van der Waals surface area contributed by atoms with Gasteiger partial charge in [-0.1, -0.05) is 13.8 Å². The van der Waals surface area contributed by atoms with Gasteiger partial charge in [0.2, 0.25) is 5.91 Å². The first-order valence-electron chi connectivity index (χ1n) is 5.04. The van der Waals surface area contributed by atoms with Crippen LogP contribution in [0.5, 0.6) is 0 Å². The van der Waals surface area contributed by atoms with Gasteiger partial charge in [0.1, 0.15) is 13.2 Å². The predicted octanol–water partition coefficient (Wildman–Crippen LogP) is 0.592. The van der Waals surface area contributed by atoms with Crippen molar-refractivity contribution in [3.8, 4) is 0 Å². The Hall–Kier alpha value is -1.10. The molecule has 0 bridgehead atoms. The Morgan fingerprint density at radius 3 is 2.40 bits per heavy atom. The standard InChI is InChI=1S/C10H19NO4/c1-4-15-7-9(12)11(5-8(2)3)6-10(13)14/h8H,4-7H2,1-3H3,(H,13,14). The Balaban J connectivity index is 4.20. The molecule has 88 valence electrons. The van der Waals surface area contributed by atoms with Gasteiger partial charge in [-0.3, -0.25) is 9.59 Å². The summed E-state index contributed by atoms with van der Waals surface area (Å²) < 4.78 is 4.96. The first-order chi connectivity index (χ1) is 6.97. The molecular formula is C10H19NO4. The number of amides is 1. The normalized spacial score (nSPS) is 10.4. The average molecular weight is 217 g/mol. The fourth-order valence-electron chi connectivity index (χ4n) is 1.14. The van der Waals surface area contributed by atoms with Crippen molar-refractivity contribution in [1.82, 2.24) is 4.90 Å². The van der Waals surface area contributed by atoms with Gasteiger partial charge in [0.15, 0.2) is 0 Å². The molecule has 0 rings (SSSR count). The van der Waals surface area contributed by atoms with Crippen LogP contribution in [0.3, 0.4) is 0 Å². The van der Waals surface area contributed by atoms with E-state index >= 15 is 0 Å². The maximum absolute atomic E-state index is 11.5. The molecule has 5 heteroatoms. The van der Waals surface area contributed by atoms with E-state index in [9.17, 15) is 9.59 Å². The van der Waals surface area contributed by atoms with Crippen LogP contribution in [0.1, 0.15) is 20.8 Å². The fraction of sp³-hybridized carbons (Fsp3) is 0.800. The van der Waals surface area contributed by atoms with Gasteiger partial charge >= 0.3 is 5.97 Å². The number of aliphatic carboxylic acids is 1. The van der Waals surface area contributed by atoms with E-state index in [-0.39, 0.29) is 25.0 Å². The number of carbonyl (C=O) groups is 2. The third kappa shape index (κ3) is 6.90. The van der Waals surface area contributed by atoms with E-state index in [2.05, 4.69) is 0 Å². The Morgan fingerprint density at radius 1 is 1.40 bits per heavy atom. The maximum atomic E-state index is 11.5. The largest absolute Gasteiger partial charge is 0.480 e. The Bertz CT molecular complexity index is 215. The Labute approximate surface area is 90.0 Å². The minimum atomic E-state index is -1.000. The Kier molecular flexibility index (Phi) is 6.70. The van der Waals surface area contributed by atoms with Gasteiger partial charge in [-0.15, -0.1) is 0 Å². The number of rotatable bonds is 7. The molecule has 0 aliphatic heterocycles. The average Bonchev–Trinajstić information content (AvgIpc) is 2.11. The van der Waals surface area contributed by atoms with Crippen LogP contribution in [0, 0.1) is 5.92 Å². The van der Waals surface area contributed by atoms with Crippen LogP contribution < -0.4 is 0 Å². The van der Waals surface area contributed by atoms with Crippen LogP contribution in [-0.4, -0.2) is 48.2 Å². The lowest BCUT2D eigenvalue weighted by molar-refractivity contribution is -0.146. The van der Waals surface area contributed by atoms with Crippen molar-refractivity contribution in [2.75, 3.05) is 26.3 Å².